The Bertz CT molecular complexity index is 655. The van der Waals surface area contributed by atoms with Gasteiger partial charge in [0, 0.05) is 25.7 Å². The average molecular weight is 342 g/mol. The summed E-state index contributed by atoms with van der Waals surface area (Å²) in [4.78, 5) is 10.9. The smallest absolute Gasteiger partial charge is 0.134 e. The second-order valence-electron chi connectivity index (χ2n) is 6.56. The van der Waals surface area contributed by atoms with Crippen molar-refractivity contribution in [1.82, 2.24) is 9.97 Å². The van der Waals surface area contributed by atoms with Gasteiger partial charge in [-0.25, -0.2) is 9.97 Å². The fourth-order valence-electron chi connectivity index (χ4n) is 2.57. The SMILES string of the molecule is CC(C)COc1ccc(CNc2cc(N3CCOCC3)ncn2)cc1. The molecule has 1 aliphatic heterocycles. The minimum Gasteiger partial charge on any atom is -0.493 e. The van der Waals surface area contributed by atoms with Gasteiger partial charge in [-0.05, 0) is 23.6 Å². The van der Waals surface area contributed by atoms with Crippen LogP contribution in [0.25, 0.3) is 0 Å². The van der Waals surface area contributed by atoms with Crippen molar-refractivity contribution in [1.29, 1.82) is 0 Å². The van der Waals surface area contributed by atoms with Crippen LogP contribution >= 0.6 is 0 Å². The van der Waals surface area contributed by atoms with Crippen molar-refractivity contribution in [3.8, 4) is 5.75 Å². The molecule has 0 amide bonds. The van der Waals surface area contributed by atoms with Crippen LogP contribution in [0.2, 0.25) is 0 Å². The minimum atomic E-state index is 0.528. The fraction of sp³-hybridized carbons (Fsp3) is 0.474. The summed E-state index contributed by atoms with van der Waals surface area (Å²) in [5.41, 5.74) is 1.18. The first kappa shape index (κ1) is 17.5. The van der Waals surface area contributed by atoms with Gasteiger partial charge in [0.1, 0.15) is 23.7 Å². The highest BCUT2D eigenvalue weighted by Crippen LogP contribution is 2.17. The van der Waals surface area contributed by atoms with Crippen molar-refractivity contribution >= 4 is 11.6 Å². The van der Waals surface area contributed by atoms with Gasteiger partial charge in [0.05, 0.1) is 19.8 Å². The molecule has 0 unspecified atom stereocenters. The summed E-state index contributed by atoms with van der Waals surface area (Å²) in [7, 11) is 0. The van der Waals surface area contributed by atoms with E-state index in [1.165, 1.54) is 5.56 Å². The number of nitrogens with zero attached hydrogens (tertiary/aromatic N) is 3. The van der Waals surface area contributed by atoms with E-state index in [1.54, 1.807) is 6.33 Å². The zero-order valence-electron chi connectivity index (χ0n) is 14.9. The summed E-state index contributed by atoms with van der Waals surface area (Å²) >= 11 is 0. The molecular weight excluding hydrogens is 316 g/mol. The molecule has 1 fully saturated rings. The van der Waals surface area contributed by atoms with Crippen LogP contribution in [-0.2, 0) is 11.3 Å². The zero-order valence-corrected chi connectivity index (χ0v) is 14.9. The van der Waals surface area contributed by atoms with E-state index in [0.29, 0.717) is 12.5 Å². The molecule has 0 spiro atoms. The number of benzene rings is 1. The van der Waals surface area contributed by atoms with E-state index in [4.69, 9.17) is 9.47 Å². The molecule has 0 saturated carbocycles. The lowest BCUT2D eigenvalue weighted by molar-refractivity contribution is 0.122. The van der Waals surface area contributed by atoms with Crippen molar-refractivity contribution in [2.75, 3.05) is 43.1 Å². The maximum atomic E-state index is 5.71. The van der Waals surface area contributed by atoms with Crippen molar-refractivity contribution in [3.63, 3.8) is 0 Å². The Balaban J connectivity index is 1.54. The predicted octanol–water partition coefficient (Wildman–Crippen LogP) is 2.96. The fourth-order valence-corrected chi connectivity index (χ4v) is 2.57. The number of ether oxygens (including phenoxy) is 2. The van der Waals surface area contributed by atoms with E-state index in [1.807, 2.05) is 18.2 Å². The Kier molecular flexibility index (Phi) is 6.06. The van der Waals surface area contributed by atoms with Crippen molar-refractivity contribution in [2.24, 2.45) is 5.92 Å². The van der Waals surface area contributed by atoms with Crippen LogP contribution in [-0.4, -0.2) is 42.9 Å². The Morgan fingerprint density at radius 3 is 2.64 bits per heavy atom. The van der Waals surface area contributed by atoms with Gasteiger partial charge >= 0.3 is 0 Å². The van der Waals surface area contributed by atoms with Gasteiger partial charge < -0.3 is 19.7 Å². The van der Waals surface area contributed by atoms with Gasteiger partial charge in [0.15, 0.2) is 0 Å². The number of rotatable bonds is 7. The molecule has 25 heavy (non-hydrogen) atoms. The van der Waals surface area contributed by atoms with E-state index < -0.39 is 0 Å². The first-order valence-corrected chi connectivity index (χ1v) is 8.81. The summed E-state index contributed by atoms with van der Waals surface area (Å²) in [6.45, 7) is 8.97. The van der Waals surface area contributed by atoms with Gasteiger partial charge in [0.2, 0.25) is 0 Å². The number of nitrogens with one attached hydrogen (secondary N) is 1. The Labute approximate surface area is 149 Å². The van der Waals surface area contributed by atoms with E-state index in [9.17, 15) is 0 Å². The third-order valence-corrected chi connectivity index (χ3v) is 3.97. The van der Waals surface area contributed by atoms with E-state index in [2.05, 4.69) is 46.2 Å². The molecule has 1 aromatic carbocycles. The van der Waals surface area contributed by atoms with Crippen molar-refractivity contribution in [2.45, 2.75) is 20.4 Å². The van der Waals surface area contributed by atoms with Crippen LogP contribution in [0.4, 0.5) is 11.6 Å². The Morgan fingerprint density at radius 1 is 1.16 bits per heavy atom. The van der Waals surface area contributed by atoms with Crippen LogP contribution in [0, 0.1) is 5.92 Å². The molecule has 1 aliphatic rings. The van der Waals surface area contributed by atoms with Crippen molar-refractivity contribution < 1.29 is 9.47 Å². The topological polar surface area (TPSA) is 59.5 Å². The molecule has 2 aromatic rings. The second kappa shape index (κ2) is 8.67. The molecule has 1 aromatic heterocycles. The summed E-state index contributed by atoms with van der Waals surface area (Å²) in [5, 5.41) is 3.36. The number of morpholine rings is 1. The molecule has 0 radical (unpaired) electrons. The minimum absolute atomic E-state index is 0.528. The van der Waals surface area contributed by atoms with E-state index in [-0.39, 0.29) is 0 Å². The monoisotopic (exact) mass is 342 g/mol. The molecular formula is C19H26N4O2. The van der Waals surface area contributed by atoms with Crippen LogP contribution < -0.4 is 15.0 Å². The lowest BCUT2D eigenvalue weighted by atomic mass is 10.2. The van der Waals surface area contributed by atoms with Crippen LogP contribution in [0.1, 0.15) is 19.4 Å². The third-order valence-electron chi connectivity index (χ3n) is 3.97. The standard InChI is InChI=1S/C19H26N4O2/c1-15(2)13-25-17-5-3-16(4-6-17)12-20-18-11-19(22-14-21-18)23-7-9-24-10-8-23/h3-6,11,14-15H,7-10,12-13H2,1-2H3,(H,20,21,22). The predicted molar refractivity (Wildman–Crippen MR) is 99.2 cm³/mol. The highest BCUT2D eigenvalue weighted by molar-refractivity contribution is 5.49. The Morgan fingerprint density at radius 2 is 1.92 bits per heavy atom. The molecule has 1 N–H and O–H groups in total. The van der Waals surface area contributed by atoms with Gasteiger partial charge in [-0.3, -0.25) is 0 Å². The summed E-state index contributed by atoms with van der Waals surface area (Å²) in [6, 6.07) is 10.2. The average Bonchev–Trinajstić information content (AvgIpc) is 2.66. The van der Waals surface area contributed by atoms with E-state index in [0.717, 1.165) is 50.3 Å². The molecule has 2 heterocycles. The number of aromatic nitrogens is 2. The molecule has 134 valence electrons. The van der Waals surface area contributed by atoms with Gasteiger partial charge in [0.25, 0.3) is 0 Å². The number of anilines is 2. The maximum absolute atomic E-state index is 5.71. The van der Waals surface area contributed by atoms with Gasteiger partial charge in [-0.15, -0.1) is 0 Å². The summed E-state index contributed by atoms with van der Waals surface area (Å²) in [5.74, 6) is 3.21. The largest absolute Gasteiger partial charge is 0.493 e. The van der Waals surface area contributed by atoms with Gasteiger partial charge in [-0.2, -0.15) is 0 Å². The Hall–Kier alpha value is -2.34. The highest BCUT2D eigenvalue weighted by atomic mass is 16.5. The lowest BCUT2D eigenvalue weighted by Crippen LogP contribution is -2.36. The van der Waals surface area contributed by atoms with Crippen LogP contribution in [0.5, 0.6) is 5.75 Å². The normalized spacial score (nSPS) is 14.6. The summed E-state index contributed by atoms with van der Waals surface area (Å²) < 4.78 is 11.1. The van der Waals surface area contributed by atoms with E-state index >= 15 is 0 Å². The molecule has 6 heteroatoms. The maximum Gasteiger partial charge on any atom is 0.134 e. The number of hydrogen-bond donors (Lipinski definition) is 1. The molecule has 0 aliphatic carbocycles. The zero-order chi connectivity index (χ0) is 17.5. The molecule has 1 saturated heterocycles. The first-order valence-electron chi connectivity index (χ1n) is 8.81. The van der Waals surface area contributed by atoms with Crippen LogP contribution in [0.3, 0.4) is 0 Å². The molecule has 0 atom stereocenters. The van der Waals surface area contributed by atoms with Gasteiger partial charge in [-0.1, -0.05) is 26.0 Å². The van der Waals surface area contributed by atoms with Crippen LogP contribution in [0.15, 0.2) is 36.7 Å². The molecule has 3 rings (SSSR count). The highest BCUT2D eigenvalue weighted by Gasteiger charge is 2.12. The number of hydrogen-bond acceptors (Lipinski definition) is 6. The van der Waals surface area contributed by atoms with Crippen molar-refractivity contribution in [3.05, 3.63) is 42.2 Å². The lowest BCUT2D eigenvalue weighted by Gasteiger charge is -2.27. The molecule has 6 nitrogen and oxygen atoms in total. The summed E-state index contributed by atoms with van der Waals surface area (Å²) in [6.07, 6.45) is 1.61. The third kappa shape index (κ3) is 5.32. The quantitative estimate of drug-likeness (QED) is 0.835. The second-order valence-corrected chi connectivity index (χ2v) is 6.56. The molecule has 0 bridgehead atoms. The first-order chi connectivity index (χ1) is 12.2.